The number of methoxy groups -OCH3 is 1. The van der Waals surface area contributed by atoms with Gasteiger partial charge in [-0.05, 0) is 37.5 Å². The molecule has 1 fully saturated rings. The van der Waals surface area contributed by atoms with Crippen molar-refractivity contribution < 1.29 is 19.4 Å². The average Bonchev–Trinajstić information content (AvgIpc) is 3.22. The van der Waals surface area contributed by atoms with Gasteiger partial charge in [-0.15, -0.1) is 0 Å². The fourth-order valence-corrected chi connectivity index (χ4v) is 1.70. The van der Waals surface area contributed by atoms with Gasteiger partial charge in [-0.1, -0.05) is 6.07 Å². The Bertz CT molecular complexity index is 457. The van der Waals surface area contributed by atoms with E-state index < -0.39 is 6.10 Å². The molecule has 0 saturated heterocycles. The predicted octanol–water partition coefficient (Wildman–Crippen LogP) is 1.23. The summed E-state index contributed by atoms with van der Waals surface area (Å²) in [7, 11) is 1.54. The summed E-state index contributed by atoms with van der Waals surface area (Å²) < 4.78 is 10.8. The van der Waals surface area contributed by atoms with E-state index in [0.717, 1.165) is 12.8 Å². The monoisotopic (exact) mass is 265 g/mol. The van der Waals surface area contributed by atoms with Gasteiger partial charge in [0.2, 0.25) is 0 Å². The molecule has 1 aliphatic carbocycles. The molecule has 2 N–H and O–H groups in total. The van der Waals surface area contributed by atoms with Crippen LogP contribution in [-0.4, -0.2) is 30.3 Å². The first kappa shape index (κ1) is 13.7. The highest BCUT2D eigenvalue weighted by molar-refractivity contribution is 5.81. The van der Waals surface area contributed by atoms with Crippen molar-refractivity contribution in [3.05, 3.63) is 23.8 Å². The van der Waals surface area contributed by atoms with E-state index in [0.29, 0.717) is 23.1 Å². The van der Waals surface area contributed by atoms with Crippen LogP contribution >= 0.6 is 0 Å². The van der Waals surface area contributed by atoms with Crippen LogP contribution in [0.3, 0.4) is 0 Å². The molecule has 5 heteroatoms. The standard InChI is InChI=1S/C14H19NO4/c1-9(14(17)15-11-4-5-11)19-13-7-10(8-16)3-6-12(13)18-2/h3,6-7,9,11,16H,4-5,8H2,1-2H3,(H,15,17). The molecule has 1 saturated carbocycles. The van der Waals surface area contributed by atoms with Gasteiger partial charge in [-0.3, -0.25) is 4.79 Å². The Hall–Kier alpha value is -1.75. The lowest BCUT2D eigenvalue weighted by Gasteiger charge is -2.17. The van der Waals surface area contributed by atoms with Crippen LogP contribution < -0.4 is 14.8 Å². The smallest absolute Gasteiger partial charge is 0.260 e. The Morgan fingerprint density at radius 2 is 2.21 bits per heavy atom. The second kappa shape index (κ2) is 5.93. The fraction of sp³-hybridized carbons (Fsp3) is 0.500. The number of aliphatic hydroxyl groups is 1. The van der Waals surface area contributed by atoms with Gasteiger partial charge >= 0.3 is 0 Å². The second-order valence-electron chi connectivity index (χ2n) is 4.69. The first-order chi connectivity index (χ1) is 9.13. The third kappa shape index (κ3) is 3.61. The fourth-order valence-electron chi connectivity index (χ4n) is 1.70. The van der Waals surface area contributed by atoms with E-state index in [-0.39, 0.29) is 12.5 Å². The zero-order valence-electron chi connectivity index (χ0n) is 11.2. The van der Waals surface area contributed by atoms with Gasteiger partial charge in [-0.2, -0.15) is 0 Å². The minimum Gasteiger partial charge on any atom is -0.493 e. The maximum atomic E-state index is 11.8. The van der Waals surface area contributed by atoms with Crippen LogP contribution in [0.4, 0.5) is 0 Å². The van der Waals surface area contributed by atoms with Crippen LogP contribution in [0.2, 0.25) is 0 Å². The van der Waals surface area contributed by atoms with Gasteiger partial charge in [0.1, 0.15) is 0 Å². The van der Waals surface area contributed by atoms with E-state index in [9.17, 15) is 4.79 Å². The third-order valence-corrected chi connectivity index (χ3v) is 3.01. The number of rotatable bonds is 6. The summed E-state index contributed by atoms with van der Waals surface area (Å²) in [4.78, 5) is 11.8. The molecule has 1 unspecified atom stereocenters. The van der Waals surface area contributed by atoms with E-state index in [4.69, 9.17) is 14.6 Å². The van der Waals surface area contributed by atoms with Crippen molar-refractivity contribution in [2.45, 2.75) is 38.5 Å². The number of nitrogens with one attached hydrogen (secondary N) is 1. The van der Waals surface area contributed by atoms with Crippen LogP contribution in [0.25, 0.3) is 0 Å². The van der Waals surface area contributed by atoms with Gasteiger partial charge in [0.15, 0.2) is 17.6 Å². The summed E-state index contributed by atoms with van der Waals surface area (Å²) in [6, 6.07) is 5.46. The van der Waals surface area contributed by atoms with Crippen LogP contribution in [0, 0.1) is 0 Å². The molecule has 2 rings (SSSR count). The van der Waals surface area contributed by atoms with Gasteiger partial charge in [0.25, 0.3) is 5.91 Å². The minimum absolute atomic E-state index is 0.0804. The molecule has 0 spiro atoms. The summed E-state index contributed by atoms with van der Waals surface area (Å²) >= 11 is 0. The highest BCUT2D eigenvalue weighted by Gasteiger charge is 2.26. The Balaban J connectivity index is 2.05. The number of hydrogen-bond acceptors (Lipinski definition) is 4. The quantitative estimate of drug-likeness (QED) is 0.812. The number of ether oxygens (including phenoxy) is 2. The maximum absolute atomic E-state index is 11.8. The number of carbonyl (C=O) groups is 1. The van der Waals surface area contributed by atoms with Crippen LogP contribution in [0.1, 0.15) is 25.3 Å². The normalized spacial score (nSPS) is 15.7. The van der Waals surface area contributed by atoms with Crippen molar-refractivity contribution in [1.29, 1.82) is 0 Å². The van der Waals surface area contributed by atoms with Gasteiger partial charge in [0.05, 0.1) is 13.7 Å². The van der Waals surface area contributed by atoms with E-state index in [1.54, 1.807) is 25.1 Å². The number of amides is 1. The van der Waals surface area contributed by atoms with Crippen molar-refractivity contribution in [3.8, 4) is 11.5 Å². The largest absolute Gasteiger partial charge is 0.493 e. The van der Waals surface area contributed by atoms with Crippen LogP contribution in [0.5, 0.6) is 11.5 Å². The first-order valence-corrected chi connectivity index (χ1v) is 6.39. The molecular weight excluding hydrogens is 246 g/mol. The number of carbonyl (C=O) groups excluding carboxylic acids is 1. The lowest BCUT2D eigenvalue weighted by molar-refractivity contribution is -0.127. The van der Waals surface area contributed by atoms with Crippen molar-refractivity contribution in [1.82, 2.24) is 5.32 Å². The highest BCUT2D eigenvalue weighted by Crippen LogP contribution is 2.29. The molecule has 0 bridgehead atoms. The van der Waals surface area contributed by atoms with Crippen molar-refractivity contribution in [3.63, 3.8) is 0 Å². The Morgan fingerprint density at radius 1 is 1.47 bits per heavy atom. The number of aliphatic hydroxyl groups excluding tert-OH is 1. The molecule has 0 radical (unpaired) electrons. The molecule has 1 aromatic rings. The predicted molar refractivity (Wildman–Crippen MR) is 70.2 cm³/mol. The van der Waals surface area contributed by atoms with Gasteiger partial charge in [-0.25, -0.2) is 0 Å². The topological polar surface area (TPSA) is 67.8 Å². The summed E-state index contributed by atoms with van der Waals surface area (Å²) in [5.74, 6) is 0.884. The number of hydrogen-bond donors (Lipinski definition) is 2. The zero-order valence-corrected chi connectivity index (χ0v) is 11.2. The Morgan fingerprint density at radius 3 is 2.79 bits per heavy atom. The van der Waals surface area contributed by atoms with E-state index >= 15 is 0 Å². The summed E-state index contributed by atoms with van der Waals surface area (Å²) in [5, 5.41) is 12.0. The third-order valence-electron chi connectivity index (χ3n) is 3.01. The summed E-state index contributed by atoms with van der Waals surface area (Å²) in [6.45, 7) is 1.62. The highest BCUT2D eigenvalue weighted by atomic mass is 16.5. The molecule has 5 nitrogen and oxygen atoms in total. The molecule has 1 atom stereocenters. The lowest BCUT2D eigenvalue weighted by atomic mass is 10.2. The molecule has 1 amide bonds. The van der Waals surface area contributed by atoms with E-state index in [1.165, 1.54) is 7.11 Å². The molecule has 1 aliphatic rings. The Labute approximate surface area is 112 Å². The summed E-state index contributed by atoms with van der Waals surface area (Å²) in [6.07, 6.45) is 1.49. The maximum Gasteiger partial charge on any atom is 0.260 e. The van der Waals surface area contributed by atoms with E-state index in [1.807, 2.05) is 0 Å². The molecular formula is C14H19NO4. The minimum atomic E-state index is -0.594. The van der Waals surface area contributed by atoms with E-state index in [2.05, 4.69) is 5.32 Å². The van der Waals surface area contributed by atoms with Crippen molar-refractivity contribution in [2.24, 2.45) is 0 Å². The lowest BCUT2D eigenvalue weighted by Crippen LogP contribution is -2.37. The van der Waals surface area contributed by atoms with Gasteiger partial charge < -0.3 is 19.9 Å². The zero-order chi connectivity index (χ0) is 13.8. The van der Waals surface area contributed by atoms with Crippen molar-refractivity contribution in [2.75, 3.05) is 7.11 Å². The summed E-state index contributed by atoms with van der Waals surface area (Å²) in [5.41, 5.74) is 0.714. The Kier molecular flexibility index (Phi) is 4.27. The molecule has 0 aromatic heterocycles. The molecule has 19 heavy (non-hydrogen) atoms. The molecule has 0 heterocycles. The SMILES string of the molecule is COc1ccc(CO)cc1OC(C)C(=O)NC1CC1. The molecule has 104 valence electrons. The average molecular weight is 265 g/mol. The first-order valence-electron chi connectivity index (χ1n) is 6.39. The number of benzene rings is 1. The van der Waals surface area contributed by atoms with Gasteiger partial charge in [0, 0.05) is 6.04 Å². The molecule has 1 aromatic carbocycles. The van der Waals surface area contributed by atoms with Crippen LogP contribution in [-0.2, 0) is 11.4 Å². The van der Waals surface area contributed by atoms with Crippen LogP contribution in [0.15, 0.2) is 18.2 Å². The van der Waals surface area contributed by atoms with Crippen molar-refractivity contribution >= 4 is 5.91 Å². The second-order valence-corrected chi connectivity index (χ2v) is 4.69. The molecule has 0 aliphatic heterocycles.